The van der Waals surface area contributed by atoms with Crippen LogP contribution in [0.25, 0.3) is 0 Å². The molecule has 0 saturated carbocycles. The molecule has 24 heavy (non-hydrogen) atoms. The van der Waals surface area contributed by atoms with E-state index in [9.17, 15) is 18.0 Å². The van der Waals surface area contributed by atoms with Gasteiger partial charge >= 0.3 is 0 Å². The van der Waals surface area contributed by atoms with Gasteiger partial charge in [0.25, 0.3) is 10.1 Å². The zero-order valence-electron chi connectivity index (χ0n) is 14.3. The first-order valence-corrected chi connectivity index (χ1v) is 9.54. The quantitative estimate of drug-likeness (QED) is 0.400. The molecule has 2 atom stereocenters. The highest BCUT2D eigenvalue weighted by molar-refractivity contribution is 7.85. The van der Waals surface area contributed by atoms with Crippen LogP contribution in [0.3, 0.4) is 0 Å². The van der Waals surface area contributed by atoms with Crippen molar-refractivity contribution in [2.45, 2.75) is 32.6 Å². The lowest BCUT2D eigenvalue weighted by Gasteiger charge is -2.18. The molecule has 0 saturated heterocycles. The van der Waals surface area contributed by atoms with E-state index in [1.165, 1.54) is 7.11 Å². The molecule has 0 aromatic carbocycles. The average molecular weight is 368 g/mol. The van der Waals surface area contributed by atoms with Gasteiger partial charge < -0.3 is 14.6 Å². The summed E-state index contributed by atoms with van der Waals surface area (Å²) < 4.78 is 40.4. The monoisotopic (exact) mass is 368 g/mol. The van der Waals surface area contributed by atoms with Crippen molar-refractivity contribution in [2.75, 3.05) is 39.3 Å². The molecule has 0 heterocycles. The van der Waals surface area contributed by atoms with Crippen molar-refractivity contribution in [3.05, 3.63) is 0 Å². The van der Waals surface area contributed by atoms with E-state index in [2.05, 4.69) is 0 Å². The van der Waals surface area contributed by atoms with E-state index >= 15 is 0 Å². The number of hydrogen-bond donors (Lipinski definition) is 2. The van der Waals surface area contributed by atoms with E-state index in [-0.39, 0.29) is 63.2 Å². The summed E-state index contributed by atoms with van der Waals surface area (Å²) in [6, 6.07) is 0. The molecule has 2 N–H and O–H groups in total. The Kier molecular flexibility index (Phi) is 12.0. The van der Waals surface area contributed by atoms with Crippen LogP contribution in [0.15, 0.2) is 0 Å². The Balaban J connectivity index is 4.36. The standard InChI is InChI=1S/C15H28O8S/c1-3-12(15(18)6-7-16)10-23-11-13(9-22-2)14(17)5-4-8-24(19,20)21/h12-13,16H,3-11H2,1-2H3,(H,19,20,21). The Morgan fingerprint density at radius 1 is 1.04 bits per heavy atom. The molecular formula is C15H28O8S. The van der Waals surface area contributed by atoms with Crippen LogP contribution in [-0.2, 0) is 29.2 Å². The normalized spacial score (nSPS) is 14.3. The lowest BCUT2D eigenvalue weighted by Crippen LogP contribution is -2.28. The highest BCUT2D eigenvalue weighted by Gasteiger charge is 2.21. The molecular weight excluding hydrogens is 340 g/mol. The van der Waals surface area contributed by atoms with Crippen LogP contribution < -0.4 is 0 Å². The maximum atomic E-state index is 12.1. The third kappa shape index (κ3) is 10.8. The maximum absolute atomic E-state index is 12.1. The summed E-state index contributed by atoms with van der Waals surface area (Å²) in [6.45, 7) is 2.01. The van der Waals surface area contributed by atoms with Gasteiger partial charge in [-0.1, -0.05) is 6.92 Å². The van der Waals surface area contributed by atoms with Gasteiger partial charge in [0.1, 0.15) is 11.6 Å². The van der Waals surface area contributed by atoms with Crippen LogP contribution in [0.4, 0.5) is 0 Å². The molecule has 0 aliphatic heterocycles. The van der Waals surface area contributed by atoms with Gasteiger partial charge in [-0.25, -0.2) is 0 Å². The Morgan fingerprint density at radius 3 is 2.12 bits per heavy atom. The molecule has 0 bridgehead atoms. The number of Topliss-reactive ketones (excluding diaryl/α,β-unsaturated/α-hetero) is 2. The largest absolute Gasteiger partial charge is 0.396 e. The Labute approximate surface area is 143 Å². The smallest absolute Gasteiger partial charge is 0.264 e. The number of carbonyl (C=O) groups is 2. The first-order chi connectivity index (χ1) is 11.2. The van der Waals surface area contributed by atoms with Gasteiger partial charge in [0.15, 0.2) is 0 Å². The number of carbonyl (C=O) groups excluding carboxylic acids is 2. The van der Waals surface area contributed by atoms with Crippen molar-refractivity contribution < 1.29 is 37.1 Å². The molecule has 0 aromatic heterocycles. The van der Waals surface area contributed by atoms with Crippen molar-refractivity contribution in [2.24, 2.45) is 11.8 Å². The lowest BCUT2D eigenvalue weighted by atomic mass is 9.99. The molecule has 0 aliphatic carbocycles. The molecule has 8 nitrogen and oxygen atoms in total. The molecule has 0 amide bonds. The van der Waals surface area contributed by atoms with Gasteiger partial charge in [-0.05, 0) is 12.8 Å². The Morgan fingerprint density at radius 2 is 1.62 bits per heavy atom. The van der Waals surface area contributed by atoms with Crippen LogP contribution in [0, 0.1) is 11.8 Å². The molecule has 0 aromatic rings. The predicted octanol–water partition coefficient (Wildman–Crippen LogP) is 0.480. The van der Waals surface area contributed by atoms with E-state index in [0.717, 1.165) is 0 Å². The second-order valence-corrected chi connectivity index (χ2v) is 7.16. The number of methoxy groups -OCH3 is 1. The van der Waals surface area contributed by atoms with Gasteiger partial charge in [-0.2, -0.15) is 8.42 Å². The van der Waals surface area contributed by atoms with Crippen LogP contribution in [0.2, 0.25) is 0 Å². The van der Waals surface area contributed by atoms with Crippen molar-refractivity contribution in [1.29, 1.82) is 0 Å². The average Bonchev–Trinajstić information content (AvgIpc) is 2.49. The van der Waals surface area contributed by atoms with E-state index in [1.54, 1.807) is 0 Å². The van der Waals surface area contributed by atoms with Gasteiger partial charge in [0.05, 0.1) is 31.5 Å². The van der Waals surface area contributed by atoms with Gasteiger partial charge in [0.2, 0.25) is 0 Å². The summed E-state index contributed by atoms with van der Waals surface area (Å²) in [6.07, 6.45) is 0.691. The van der Waals surface area contributed by atoms with Crippen LogP contribution >= 0.6 is 0 Å². The first-order valence-electron chi connectivity index (χ1n) is 7.93. The summed E-state index contributed by atoms with van der Waals surface area (Å²) in [7, 11) is -2.63. The minimum absolute atomic E-state index is 0.00216. The van der Waals surface area contributed by atoms with Gasteiger partial charge in [0, 0.05) is 32.5 Å². The predicted molar refractivity (Wildman–Crippen MR) is 87.3 cm³/mol. The lowest BCUT2D eigenvalue weighted by molar-refractivity contribution is -0.128. The van der Waals surface area contributed by atoms with E-state index in [4.69, 9.17) is 19.1 Å². The first kappa shape index (κ1) is 23.1. The number of aliphatic hydroxyl groups excluding tert-OH is 1. The fourth-order valence-corrected chi connectivity index (χ4v) is 2.68. The third-order valence-electron chi connectivity index (χ3n) is 3.59. The highest BCUT2D eigenvalue weighted by Crippen LogP contribution is 2.11. The molecule has 142 valence electrons. The molecule has 0 fully saturated rings. The van der Waals surface area contributed by atoms with E-state index in [0.29, 0.717) is 6.42 Å². The molecule has 2 unspecified atom stereocenters. The van der Waals surface area contributed by atoms with E-state index in [1.807, 2.05) is 6.92 Å². The van der Waals surface area contributed by atoms with Crippen molar-refractivity contribution in [1.82, 2.24) is 0 Å². The maximum Gasteiger partial charge on any atom is 0.264 e. The summed E-state index contributed by atoms with van der Waals surface area (Å²) in [5.41, 5.74) is 0. The fraction of sp³-hybridized carbons (Fsp3) is 0.867. The van der Waals surface area contributed by atoms with Crippen molar-refractivity contribution in [3.8, 4) is 0 Å². The Bertz CT molecular complexity index is 474. The number of ketones is 2. The number of ether oxygens (including phenoxy) is 2. The molecule has 9 heteroatoms. The third-order valence-corrected chi connectivity index (χ3v) is 4.40. The number of aliphatic hydroxyl groups is 1. The second-order valence-electron chi connectivity index (χ2n) is 5.59. The van der Waals surface area contributed by atoms with Crippen LogP contribution in [0.1, 0.15) is 32.6 Å². The molecule has 0 aliphatic rings. The molecule has 0 rings (SSSR count). The summed E-state index contributed by atoms with van der Waals surface area (Å²) >= 11 is 0. The molecule has 0 radical (unpaired) electrons. The van der Waals surface area contributed by atoms with Crippen LogP contribution in [0.5, 0.6) is 0 Å². The number of rotatable bonds is 15. The zero-order chi connectivity index (χ0) is 18.6. The topological polar surface area (TPSA) is 127 Å². The summed E-state index contributed by atoms with van der Waals surface area (Å²) in [5, 5.41) is 8.79. The minimum atomic E-state index is -4.08. The second kappa shape index (κ2) is 12.5. The number of hydrogen-bond acceptors (Lipinski definition) is 7. The van der Waals surface area contributed by atoms with Crippen molar-refractivity contribution in [3.63, 3.8) is 0 Å². The van der Waals surface area contributed by atoms with Crippen LogP contribution in [-0.4, -0.2) is 68.9 Å². The van der Waals surface area contributed by atoms with E-state index < -0.39 is 21.8 Å². The SMILES string of the molecule is CCC(COCC(COC)C(=O)CCCS(=O)(=O)O)C(=O)CCO. The van der Waals surface area contributed by atoms with Gasteiger partial charge in [-0.3, -0.25) is 14.1 Å². The Hall–Kier alpha value is -0.870. The summed E-state index contributed by atoms with van der Waals surface area (Å²) in [4.78, 5) is 23.8. The van der Waals surface area contributed by atoms with Gasteiger partial charge in [-0.15, -0.1) is 0 Å². The minimum Gasteiger partial charge on any atom is -0.396 e. The highest BCUT2D eigenvalue weighted by atomic mass is 32.2. The zero-order valence-corrected chi connectivity index (χ0v) is 15.1. The summed E-state index contributed by atoms with van der Waals surface area (Å²) in [5.74, 6) is -1.64. The van der Waals surface area contributed by atoms with Crippen molar-refractivity contribution >= 4 is 21.7 Å². The fourth-order valence-electron chi connectivity index (χ4n) is 2.17. The molecule has 0 spiro atoms.